The summed E-state index contributed by atoms with van der Waals surface area (Å²) in [5.41, 5.74) is -1.53. The summed E-state index contributed by atoms with van der Waals surface area (Å²) < 4.78 is 0. The molecule has 0 aromatic rings. The summed E-state index contributed by atoms with van der Waals surface area (Å²) in [6.07, 6.45) is 6.02. The lowest BCUT2D eigenvalue weighted by molar-refractivity contribution is -0.136. The van der Waals surface area contributed by atoms with Crippen LogP contribution in [0.25, 0.3) is 0 Å². The van der Waals surface area contributed by atoms with Gasteiger partial charge in [0.2, 0.25) is 5.91 Å². The van der Waals surface area contributed by atoms with Gasteiger partial charge >= 0.3 is 6.03 Å². The van der Waals surface area contributed by atoms with Crippen LogP contribution in [0, 0.1) is 22.7 Å². The van der Waals surface area contributed by atoms with Crippen molar-refractivity contribution in [3.63, 3.8) is 0 Å². The first kappa shape index (κ1) is 19.7. The minimum Gasteiger partial charge on any atom is -0.336 e. The van der Waals surface area contributed by atoms with Crippen LogP contribution in [0.5, 0.6) is 0 Å². The zero-order chi connectivity index (χ0) is 19.9. The topological polar surface area (TPSA) is 102 Å². The minimum absolute atomic E-state index is 0.180. The zero-order valence-electron chi connectivity index (χ0n) is 16.6. The molecule has 148 valence electrons. The molecule has 0 aromatic carbocycles. The van der Waals surface area contributed by atoms with Gasteiger partial charge < -0.3 is 10.6 Å². The third kappa shape index (κ3) is 3.67. The average molecular weight is 374 g/mol. The maximum Gasteiger partial charge on any atom is 0.325 e. The fourth-order valence-electron chi connectivity index (χ4n) is 4.83. The maximum atomic E-state index is 13.0. The highest BCUT2D eigenvalue weighted by molar-refractivity contribution is 6.09. The van der Waals surface area contributed by atoms with Gasteiger partial charge in [0.1, 0.15) is 17.6 Å². The van der Waals surface area contributed by atoms with Crippen LogP contribution in [-0.4, -0.2) is 40.4 Å². The van der Waals surface area contributed by atoms with E-state index in [1.807, 2.05) is 0 Å². The molecular formula is C20H30N4O3. The molecule has 4 amide bonds. The number of amides is 4. The Bertz CT molecular complexity index is 674. The number of rotatable bonds is 3. The molecule has 3 aliphatic rings. The Labute approximate surface area is 160 Å². The summed E-state index contributed by atoms with van der Waals surface area (Å²) in [5, 5.41) is 15.0. The Morgan fingerprint density at radius 1 is 1.22 bits per heavy atom. The Morgan fingerprint density at radius 3 is 2.33 bits per heavy atom. The summed E-state index contributed by atoms with van der Waals surface area (Å²) in [7, 11) is 0. The molecule has 7 heteroatoms. The van der Waals surface area contributed by atoms with Gasteiger partial charge in [-0.1, -0.05) is 20.8 Å². The summed E-state index contributed by atoms with van der Waals surface area (Å²) in [4.78, 5) is 38.8. The summed E-state index contributed by atoms with van der Waals surface area (Å²) >= 11 is 0. The molecule has 27 heavy (non-hydrogen) atoms. The van der Waals surface area contributed by atoms with Crippen LogP contribution in [0.2, 0.25) is 0 Å². The minimum atomic E-state index is -0.862. The van der Waals surface area contributed by atoms with Crippen molar-refractivity contribution in [3.8, 4) is 6.07 Å². The number of carbonyl (C=O) groups is 3. The second-order valence-corrected chi connectivity index (χ2v) is 9.49. The lowest BCUT2D eigenvalue weighted by Gasteiger charge is -2.40. The number of hydrogen-bond acceptors (Lipinski definition) is 4. The fourth-order valence-corrected chi connectivity index (χ4v) is 4.83. The number of nitrogens with zero attached hydrogens (tertiary/aromatic N) is 2. The van der Waals surface area contributed by atoms with Crippen molar-refractivity contribution in [1.29, 1.82) is 5.26 Å². The van der Waals surface area contributed by atoms with Crippen LogP contribution in [0.3, 0.4) is 0 Å². The van der Waals surface area contributed by atoms with Crippen molar-refractivity contribution in [3.05, 3.63) is 0 Å². The second-order valence-electron chi connectivity index (χ2n) is 9.49. The van der Waals surface area contributed by atoms with Crippen LogP contribution >= 0.6 is 0 Å². The maximum absolute atomic E-state index is 13.0. The van der Waals surface area contributed by atoms with E-state index < -0.39 is 23.0 Å². The van der Waals surface area contributed by atoms with Gasteiger partial charge in [-0.3, -0.25) is 14.5 Å². The number of imide groups is 1. The van der Waals surface area contributed by atoms with Crippen molar-refractivity contribution in [2.24, 2.45) is 11.3 Å². The van der Waals surface area contributed by atoms with E-state index in [1.54, 1.807) is 0 Å². The smallest absolute Gasteiger partial charge is 0.325 e. The molecule has 0 atom stereocenters. The lowest BCUT2D eigenvalue weighted by Crippen LogP contribution is -2.52. The molecule has 2 aliphatic carbocycles. The van der Waals surface area contributed by atoms with E-state index in [-0.39, 0.29) is 17.9 Å². The third-order valence-corrected chi connectivity index (χ3v) is 6.66. The molecule has 1 aliphatic heterocycles. The van der Waals surface area contributed by atoms with Gasteiger partial charge in [-0.05, 0) is 62.7 Å². The third-order valence-electron chi connectivity index (χ3n) is 6.66. The monoisotopic (exact) mass is 374 g/mol. The lowest BCUT2D eigenvalue weighted by atomic mass is 9.67. The predicted molar refractivity (Wildman–Crippen MR) is 99.3 cm³/mol. The second kappa shape index (κ2) is 6.81. The number of urea groups is 1. The highest BCUT2D eigenvalue weighted by Gasteiger charge is 2.53. The summed E-state index contributed by atoms with van der Waals surface area (Å²) in [6, 6.07) is 1.70. The molecule has 7 nitrogen and oxygen atoms in total. The first-order valence-electron chi connectivity index (χ1n) is 9.97. The Balaban J connectivity index is 1.63. The van der Waals surface area contributed by atoms with Crippen LogP contribution in [0.4, 0.5) is 4.79 Å². The van der Waals surface area contributed by atoms with E-state index in [0.29, 0.717) is 31.6 Å². The van der Waals surface area contributed by atoms with E-state index in [2.05, 4.69) is 37.5 Å². The SMILES string of the molecule is CC(C)(C)C1CCC2(CC1)NC(=O)N(CC(=O)NC1(C#N)CCCC1)C2=O. The predicted octanol–water partition coefficient (Wildman–Crippen LogP) is 2.47. The first-order valence-corrected chi connectivity index (χ1v) is 9.97. The quantitative estimate of drug-likeness (QED) is 0.741. The van der Waals surface area contributed by atoms with Crippen LogP contribution in [0.1, 0.15) is 72.1 Å². The van der Waals surface area contributed by atoms with E-state index in [9.17, 15) is 19.6 Å². The van der Waals surface area contributed by atoms with Crippen LogP contribution in [-0.2, 0) is 9.59 Å². The van der Waals surface area contributed by atoms with Crippen molar-refractivity contribution in [2.75, 3.05) is 6.54 Å². The zero-order valence-corrected chi connectivity index (χ0v) is 16.6. The van der Waals surface area contributed by atoms with Gasteiger partial charge in [-0.25, -0.2) is 4.79 Å². The largest absolute Gasteiger partial charge is 0.336 e. The van der Waals surface area contributed by atoms with Gasteiger partial charge in [-0.2, -0.15) is 5.26 Å². The normalized spacial score (nSPS) is 30.3. The molecule has 1 heterocycles. The Morgan fingerprint density at radius 2 is 1.81 bits per heavy atom. The van der Waals surface area contributed by atoms with Gasteiger partial charge in [0.15, 0.2) is 0 Å². The van der Waals surface area contributed by atoms with Gasteiger partial charge in [0.05, 0.1) is 6.07 Å². The fraction of sp³-hybridized carbons (Fsp3) is 0.800. The molecule has 3 rings (SSSR count). The highest BCUT2D eigenvalue weighted by Crippen LogP contribution is 2.43. The van der Waals surface area contributed by atoms with Crippen molar-refractivity contribution >= 4 is 17.8 Å². The molecule has 0 unspecified atom stereocenters. The molecular weight excluding hydrogens is 344 g/mol. The molecule has 0 aromatic heterocycles. The molecule has 2 saturated carbocycles. The number of nitrogens with one attached hydrogen (secondary N) is 2. The van der Waals surface area contributed by atoms with Crippen molar-refractivity contribution in [1.82, 2.24) is 15.5 Å². The Kier molecular flexibility index (Phi) is 4.96. The first-order chi connectivity index (χ1) is 12.6. The van der Waals surface area contributed by atoms with Gasteiger partial charge in [-0.15, -0.1) is 0 Å². The van der Waals surface area contributed by atoms with Crippen LogP contribution in [0.15, 0.2) is 0 Å². The average Bonchev–Trinajstić information content (AvgIpc) is 3.14. The van der Waals surface area contributed by atoms with E-state index in [4.69, 9.17) is 0 Å². The van der Waals surface area contributed by atoms with Crippen molar-refractivity contribution < 1.29 is 14.4 Å². The summed E-state index contributed by atoms with van der Waals surface area (Å²) in [5.74, 6) is -0.224. The highest BCUT2D eigenvalue weighted by atomic mass is 16.2. The summed E-state index contributed by atoms with van der Waals surface area (Å²) in [6.45, 7) is 6.29. The molecule has 1 saturated heterocycles. The molecule has 3 fully saturated rings. The van der Waals surface area contributed by atoms with Crippen LogP contribution < -0.4 is 10.6 Å². The van der Waals surface area contributed by atoms with Gasteiger partial charge in [0, 0.05) is 0 Å². The Hall–Kier alpha value is -2.10. The van der Waals surface area contributed by atoms with E-state index in [0.717, 1.165) is 30.6 Å². The number of hydrogen-bond donors (Lipinski definition) is 2. The number of carbonyl (C=O) groups excluding carboxylic acids is 3. The standard InChI is InChI=1S/C20H30N4O3/c1-18(2,3)14-6-10-20(11-7-14)16(26)24(17(27)23-20)12-15(25)22-19(13-21)8-4-5-9-19/h14H,4-12H2,1-3H3,(H,22,25)(H,23,27). The molecule has 0 bridgehead atoms. The van der Waals surface area contributed by atoms with E-state index >= 15 is 0 Å². The molecule has 1 spiro atoms. The van der Waals surface area contributed by atoms with Crippen molar-refractivity contribution in [2.45, 2.75) is 83.2 Å². The van der Waals surface area contributed by atoms with E-state index in [1.165, 1.54) is 0 Å². The number of nitriles is 1. The molecule has 0 radical (unpaired) electrons. The van der Waals surface area contributed by atoms with Gasteiger partial charge in [0.25, 0.3) is 5.91 Å². The molecule has 2 N–H and O–H groups in total.